The van der Waals surface area contributed by atoms with E-state index < -0.39 is 17.8 Å². The van der Waals surface area contributed by atoms with Crippen molar-refractivity contribution in [1.29, 1.82) is 0 Å². The lowest BCUT2D eigenvalue weighted by atomic mass is 10.0. The van der Waals surface area contributed by atoms with E-state index in [0.717, 1.165) is 5.75 Å². The molecule has 0 unspecified atom stereocenters. The van der Waals surface area contributed by atoms with Crippen LogP contribution in [-0.4, -0.2) is 46.0 Å². The van der Waals surface area contributed by atoms with Gasteiger partial charge >= 0.3 is 6.18 Å². The van der Waals surface area contributed by atoms with Crippen molar-refractivity contribution in [3.05, 3.63) is 30.1 Å². The van der Waals surface area contributed by atoms with Crippen molar-refractivity contribution in [3.63, 3.8) is 0 Å². The lowest BCUT2D eigenvalue weighted by molar-refractivity contribution is -0.157. The van der Waals surface area contributed by atoms with Crippen LogP contribution in [0.4, 0.5) is 13.2 Å². The van der Waals surface area contributed by atoms with Crippen molar-refractivity contribution >= 4 is 11.8 Å². The summed E-state index contributed by atoms with van der Waals surface area (Å²) in [4.78, 5) is 3.79. The predicted octanol–water partition coefficient (Wildman–Crippen LogP) is 2.01. The van der Waals surface area contributed by atoms with E-state index in [1.165, 1.54) is 12.4 Å². The zero-order valence-electron chi connectivity index (χ0n) is 10.9. The molecule has 1 fully saturated rings. The number of halogens is 3. The number of aliphatic hydroxyl groups is 1. The van der Waals surface area contributed by atoms with Crippen LogP contribution in [0, 0.1) is 0 Å². The highest BCUT2D eigenvalue weighted by molar-refractivity contribution is 7.99. The van der Waals surface area contributed by atoms with Crippen LogP contribution in [0.5, 0.6) is 0 Å². The van der Waals surface area contributed by atoms with Gasteiger partial charge in [-0.2, -0.15) is 24.9 Å². The molecule has 1 aromatic rings. The fourth-order valence-corrected chi connectivity index (χ4v) is 3.40. The first-order valence-corrected chi connectivity index (χ1v) is 7.54. The van der Waals surface area contributed by atoms with Crippen molar-refractivity contribution in [3.8, 4) is 0 Å². The van der Waals surface area contributed by atoms with Gasteiger partial charge in [0.05, 0.1) is 5.60 Å². The molecule has 20 heavy (non-hydrogen) atoms. The Kier molecular flexibility index (Phi) is 4.93. The van der Waals surface area contributed by atoms with E-state index in [0.29, 0.717) is 17.7 Å². The first-order valence-electron chi connectivity index (χ1n) is 6.38. The zero-order chi connectivity index (χ0) is 14.6. The quantitative estimate of drug-likeness (QED) is 0.873. The molecule has 0 aliphatic carbocycles. The number of hydrogen-bond acceptors (Lipinski definition) is 4. The lowest BCUT2D eigenvalue weighted by Crippen LogP contribution is -2.51. The van der Waals surface area contributed by atoms with Gasteiger partial charge < -0.3 is 10.4 Å². The first kappa shape index (κ1) is 15.6. The molecule has 0 amide bonds. The van der Waals surface area contributed by atoms with Gasteiger partial charge in [0.25, 0.3) is 0 Å². The van der Waals surface area contributed by atoms with E-state index in [1.807, 2.05) is 0 Å². The summed E-state index contributed by atoms with van der Waals surface area (Å²) < 4.78 is 39.1. The third kappa shape index (κ3) is 4.36. The number of hydrogen-bond donors (Lipinski definition) is 2. The highest BCUT2D eigenvalue weighted by atomic mass is 32.2. The Hall–Kier alpha value is -0.790. The van der Waals surface area contributed by atoms with E-state index in [-0.39, 0.29) is 13.0 Å². The molecular weight excluding hydrogens is 289 g/mol. The second-order valence-electron chi connectivity index (χ2n) is 5.06. The van der Waals surface area contributed by atoms with Crippen molar-refractivity contribution in [1.82, 2.24) is 10.3 Å². The van der Waals surface area contributed by atoms with Crippen LogP contribution < -0.4 is 5.32 Å². The van der Waals surface area contributed by atoms with Crippen molar-refractivity contribution < 1.29 is 18.3 Å². The maximum atomic E-state index is 13.0. The SMILES string of the molecule is O[C@]1(CN[C@H](Cc2ccncc2)C(F)(F)F)CCSC1. The fraction of sp³-hybridized carbons (Fsp3) is 0.615. The minimum atomic E-state index is -4.34. The van der Waals surface area contributed by atoms with Crippen LogP contribution in [0.1, 0.15) is 12.0 Å². The number of pyridine rings is 1. The van der Waals surface area contributed by atoms with Crippen LogP contribution in [0.2, 0.25) is 0 Å². The summed E-state index contributed by atoms with van der Waals surface area (Å²) in [6.45, 7) is -0.0325. The van der Waals surface area contributed by atoms with E-state index in [9.17, 15) is 18.3 Å². The molecule has 2 heterocycles. The average Bonchev–Trinajstić information content (AvgIpc) is 2.82. The van der Waals surface area contributed by atoms with Crippen LogP contribution >= 0.6 is 11.8 Å². The Morgan fingerprint density at radius 1 is 1.40 bits per heavy atom. The highest BCUT2D eigenvalue weighted by Crippen LogP contribution is 2.29. The number of rotatable bonds is 5. The van der Waals surface area contributed by atoms with Crippen LogP contribution in [0.25, 0.3) is 0 Å². The number of nitrogens with one attached hydrogen (secondary N) is 1. The minimum Gasteiger partial charge on any atom is -0.388 e. The second-order valence-corrected chi connectivity index (χ2v) is 6.17. The van der Waals surface area contributed by atoms with Crippen LogP contribution in [0.15, 0.2) is 24.5 Å². The standard InChI is InChI=1S/C13H17F3N2OS/c14-13(15,16)11(7-10-1-4-17-5-2-10)18-8-12(19)3-6-20-9-12/h1-2,4-5,11,18-19H,3,6-9H2/t11-,12+/m1/s1. The molecule has 2 N–H and O–H groups in total. The van der Waals surface area contributed by atoms with Crippen LogP contribution in [-0.2, 0) is 6.42 Å². The van der Waals surface area contributed by atoms with Gasteiger partial charge in [-0.25, -0.2) is 0 Å². The van der Waals surface area contributed by atoms with Crippen molar-refractivity contribution in [2.24, 2.45) is 0 Å². The Labute approximate surface area is 120 Å². The van der Waals surface area contributed by atoms with E-state index >= 15 is 0 Å². The van der Waals surface area contributed by atoms with Gasteiger partial charge in [0.1, 0.15) is 6.04 Å². The summed E-state index contributed by atoms with van der Waals surface area (Å²) in [5.41, 5.74) is -0.450. The number of aromatic nitrogens is 1. The fourth-order valence-electron chi connectivity index (χ4n) is 2.11. The van der Waals surface area contributed by atoms with E-state index in [1.54, 1.807) is 23.9 Å². The Morgan fingerprint density at radius 3 is 2.65 bits per heavy atom. The monoisotopic (exact) mass is 306 g/mol. The topological polar surface area (TPSA) is 45.1 Å². The van der Waals surface area contributed by atoms with Crippen molar-refractivity contribution in [2.45, 2.75) is 30.7 Å². The maximum absolute atomic E-state index is 13.0. The molecule has 2 atom stereocenters. The summed E-state index contributed by atoms with van der Waals surface area (Å²) >= 11 is 1.56. The molecule has 1 aromatic heterocycles. The summed E-state index contributed by atoms with van der Waals surface area (Å²) in [6, 6.07) is 1.49. The van der Waals surface area contributed by atoms with Gasteiger partial charge in [-0.05, 0) is 36.3 Å². The Morgan fingerprint density at radius 2 is 2.10 bits per heavy atom. The summed E-state index contributed by atoms with van der Waals surface area (Å²) in [6.07, 6.45) is -1.01. The molecule has 0 radical (unpaired) electrons. The lowest BCUT2D eigenvalue weighted by Gasteiger charge is -2.27. The maximum Gasteiger partial charge on any atom is 0.404 e. The molecule has 3 nitrogen and oxygen atoms in total. The normalized spacial score (nSPS) is 24.8. The van der Waals surface area contributed by atoms with E-state index in [2.05, 4.69) is 10.3 Å². The van der Waals surface area contributed by atoms with Gasteiger partial charge in [-0.3, -0.25) is 4.98 Å². The van der Waals surface area contributed by atoms with Gasteiger partial charge in [0, 0.05) is 24.7 Å². The van der Waals surface area contributed by atoms with Gasteiger partial charge in [0.15, 0.2) is 0 Å². The van der Waals surface area contributed by atoms with Gasteiger partial charge in [-0.1, -0.05) is 0 Å². The van der Waals surface area contributed by atoms with E-state index in [4.69, 9.17) is 0 Å². The molecule has 1 saturated heterocycles. The third-order valence-electron chi connectivity index (χ3n) is 3.34. The summed E-state index contributed by atoms with van der Waals surface area (Å²) in [5, 5.41) is 12.6. The Bertz CT molecular complexity index is 421. The second kappa shape index (κ2) is 6.32. The molecule has 0 aromatic carbocycles. The predicted molar refractivity (Wildman–Crippen MR) is 72.7 cm³/mol. The van der Waals surface area contributed by atoms with Crippen LogP contribution in [0.3, 0.4) is 0 Å². The third-order valence-corrected chi connectivity index (χ3v) is 4.58. The largest absolute Gasteiger partial charge is 0.404 e. The molecule has 0 bridgehead atoms. The molecular formula is C13H17F3N2OS. The molecule has 2 rings (SSSR count). The number of nitrogens with zero attached hydrogens (tertiary/aromatic N) is 1. The molecule has 1 aliphatic heterocycles. The number of alkyl halides is 3. The smallest absolute Gasteiger partial charge is 0.388 e. The molecule has 0 spiro atoms. The first-order chi connectivity index (χ1) is 9.39. The van der Waals surface area contributed by atoms with Gasteiger partial charge in [-0.15, -0.1) is 0 Å². The Balaban J connectivity index is 1.97. The highest BCUT2D eigenvalue weighted by Gasteiger charge is 2.41. The number of thioether (sulfide) groups is 1. The summed E-state index contributed by atoms with van der Waals surface area (Å²) in [7, 11) is 0. The molecule has 7 heteroatoms. The summed E-state index contributed by atoms with van der Waals surface area (Å²) in [5.74, 6) is 1.28. The van der Waals surface area contributed by atoms with Gasteiger partial charge in [0.2, 0.25) is 0 Å². The zero-order valence-corrected chi connectivity index (χ0v) is 11.7. The minimum absolute atomic E-state index is 0.0325. The molecule has 112 valence electrons. The molecule has 1 aliphatic rings. The van der Waals surface area contributed by atoms with Crippen molar-refractivity contribution in [2.75, 3.05) is 18.1 Å². The molecule has 0 saturated carbocycles. The average molecular weight is 306 g/mol.